The fraction of sp³-hybridized carbons (Fsp3) is 0.833. The van der Waals surface area contributed by atoms with E-state index in [-0.39, 0.29) is 17.1 Å². The van der Waals surface area contributed by atoms with Crippen LogP contribution in [0.5, 0.6) is 0 Å². The Bertz CT molecular complexity index is 249. The minimum Gasteiger partial charge on any atom is -0.411 e. The molecule has 0 spiro atoms. The molecule has 2 rings (SSSR count). The van der Waals surface area contributed by atoms with E-state index in [0.717, 1.165) is 26.2 Å². The van der Waals surface area contributed by atoms with Crippen LogP contribution in [0.15, 0.2) is 0 Å². The first-order valence-corrected chi connectivity index (χ1v) is 8.16. The summed E-state index contributed by atoms with van der Waals surface area (Å²) in [4.78, 5) is 4.21. The van der Waals surface area contributed by atoms with Crippen molar-refractivity contribution in [1.29, 1.82) is 0 Å². The predicted octanol–water partition coefficient (Wildman–Crippen LogP) is 2.61. The number of piperidine rings is 2. The van der Waals surface area contributed by atoms with E-state index in [2.05, 4.69) is 9.80 Å². The van der Waals surface area contributed by atoms with E-state index in [0.29, 0.717) is 8.64 Å². The van der Waals surface area contributed by atoms with Crippen LogP contribution in [0.1, 0.15) is 38.5 Å². The normalized spacial score (nSPS) is 18.7. The summed E-state index contributed by atoms with van der Waals surface area (Å²) < 4.78 is 1.30. The van der Waals surface area contributed by atoms with E-state index in [1.54, 1.807) is 0 Å². The Labute approximate surface area is 149 Å². The first-order valence-electron chi connectivity index (χ1n) is 6.53. The van der Waals surface area contributed by atoms with Gasteiger partial charge in [-0.25, -0.2) is 0 Å². The summed E-state index contributed by atoms with van der Waals surface area (Å²) in [6.07, 6.45) is 7.73. The minimum absolute atomic E-state index is 0. The zero-order chi connectivity index (χ0) is 13.4. The predicted molar refractivity (Wildman–Crippen MR) is 90.8 cm³/mol. The standard InChI is InChI=1S/2C6H11NS2.Cu/c2*8-6(9)7-4-2-1-3-5-7;/h2*1-5H2,(H,8,9);/q;;+2/p-2. The van der Waals surface area contributed by atoms with Gasteiger partial charge in [-0.3, -0.25) is 0 Å². The Balaban J connectivity index is 0.000000324. The van der Waals surface area contributed by atoms with E-state index in [4.69, 9.17) is 49.7 Å². The van der Waals surface area contributed by atoms with E-state index < -0.39 is 0 Å². The van der Waals surface area contributed by atoms with E-state index in [1.165, 1.54) is 38.5 Å². The molecule has 2 aliphatic heterocycles. The van der Waals surface area contributed by atoms with Crippen molar-refractivity contribution in [3.8, 4) is 0 Å². The van der Waals surface area contributed by atoms with Crippen LogP contribution < -0.4 is 0 Å². The molecule has 2 fully saturated rings. The van der Waals surface area contributed by atoms with Crippen LogP contribution in [0, 0.1) is 0 Å². The Morgan fingerprint density at radius 1 is 0.632 bits per heavy atom. The second-order valence-electron chi connectivity index (χ2n) is 4.63. The summed E-state index contributed by atoms with van der Waals surface area (Å²) in [5.41, 5.74) is 0. The molecular weight excluding hydrogens is 364 g/mol. The molecule has 0 saturated carbocycles. The van der Waals surface area contributed by atoms with Crippen molar-refractivity contribution in [3.05, 3.63) is 0 Å². The number of thiocarbonyl (C=S) groups is 2. The van der Waals surface area contributed by atoms with Gasteiger partial charge in [-0.1, -0.05) is 8.64 Å². The zero-order valence-electron chi connectivity index (χ0n) is 10.9. The summed E-state index contributed by atoms with van der Waals surface area (Å²) in [6.45, 7) is 4.34. The molecule has 1 radical (unpaired) electrons. The van der Waals surface area contributed by atoms with Crippen LogP contribution in [-0.2, 0) is 42.3 Å². The van der Waals surface area contributed by atoms with Crippen LogP contribution in [0.3, 0.4) is 0 Å². The third-order valence-electron chi connectivity index (χ3n) is 3.23. The largest absolute Gasteiger partial charge is 2.00 e. The van der Waals surface area contributed by atoms with Crippen molar-refractivity contribution in [2.24, 2.45) is 0 Å². The number of likely N-dealkylation sites (tertiary alicyclic amines) is 2. The van der Waals surface area contributed by atoms with Gasteiger partial charge in [0.1, 0.15) is 0 Å². The molecule has 19 heavy (non-hydrogen) atoms. The maximum Gasteiger partial charge on any atom is 2.00 e. The first kappa shape index (κ1) is 19.7. The molecule has 113 valence electrons. The van der Waals surface area contributed by atoms with Crippen molar-refractivity contribution in [1.82, 2.24) is 9.80 Å². The van der Waals surface area contributed by atoms with Crippen molar-refractivity contribution in [3.63, 3.8) is 0 Å². The van der Waals surface area contributed by atoms with Crippen LogP contribution in [0.4, 0.5) is 0 Å². The maximum absolute atomic E-state index is 4.86. The topological polar surface area (TPSA) is 6.48 Å². The fourth-order valence-electron chi connectivity index (χ4n) is 2.15. The van der Waals surface area contributed by atoms with Crippen molar-refractivity contribution in [2.75, 3.05) is 26.2 Å². The maximum atomic E-state index is 4.86. The van der Waals surface area contributed by atoms with Crippen LogP contribution in [0.25, 0.3) is 0 Å². The molecule has 2 heterocycles. The molecule has 7 heteroatoms. The quantitative estimate of drug-likeness (QED) is 0.358. The van der Waals surface area contributed by atoms with Gasteiger partial charge in [0.25, 0.3) is 0 Å². The molecule has 0 aromatic rings. The third kappa shape index (κ3) is 8.58. The van der Waals surface area contributed by atoms with Gasteiger partial charge in [-0.2, -0.15) is 0 Å². The molecule has 0 N–H and O–H groups in total. The number of hydrogen-bond acceptors (Lipinski definition) is 4. The fourth-order valence-corrected chi connectivity index (χ4v) is 2.88. The Morgan fingerprint density at radius 2 is 0.895 bits per heavy atom. The minimum atomic E-state index is 0. The molecule has 0 unspecified atom stereocenters. The molecule has 2 nitrogen and oxygen atoms in total. The molecular formula is C12H20CuN2S4. The van der Waals surface area contributed by atoms with E-state index in [1.807, 2.05) is 0 Å². The van der Waals surface area contributed by atoms with Gasteiger partial charge in [0, 0.05) is 26.2 Å². The first-order chi connectivity index (χ1) is 8.61. The second kappa shape index (κ2) is 11.4. The van der Waals surface area contributed by atoms with Gasteiger partial charge in [0.05, 0.1) is 0 Å². The molecule has 0 bridgehead atoms. The SMILES string of the molecule is S=C([S-])N1CCCCC1.S=C([S-])N1CCCCC1.[Cu+2]. The van der Waals surface area contributed by atoms with E-state index >= 15 is 0 Å². The van der Waals surface area contributed by atoms with Crippen molar-refractivity contribution in [2.45, 2.75) is 38.5 Å². The van der Waals surface area contributed by atoms with Gasteiger partial charge >= 0.3 is 17.1 Å². The van der Waals surface area contributed by atoms with Gasteiger partial charge in [0.2, 0.25) is 0 Å². The van der Waals surface area contributed by atoms with Gasteiger partial charge in [-0.05, 0) is 38.5 Å². The monoisotopic (exact) mass is 383 g/mol. The summed E-state index contributed by atoms with van der Waals surface area (Å²) >= 11 is 19.4. The zero-order valence-corrected chi connectivity index (χ0v) is 15.1. The van der Waals surface area contributed by atoms with Gasteiger partial charge in [-0.15, -0.1) is 0 Å². The van der Waals surface area contributed by atoms with Gasteiger partial charge in [0.15, 0.2) is 0 Å². The van der Waals surface area contributed by atoms with E-state index in [9.17, 15) is 0 Å². The molecule has 0 aromatic carbocycles. The van der Waals surface area contributed by atoms with Crippen LogP contribution in [-0.4, -0.2) is 44.6 Å². The molecule has 2 saturated heterocycles. The average Bonchev–Trinajstić information content (AvgIpc) is 2.41. The number of nitrogens with zero attached hydrogens (tertiary/aromatic N) is 2. The number of rotatable bonds is 0. The van der Waals surface area contributed by atoms with Crippen LogP contribution >= 0.6 is 24.4 Å². The van der Waals surface area contributed by atoms with Gasteiger partial charge < -0.3 is 59.5 Å². The Hall–Kier alpha value is 0.739. The van der Waals surface area contributed by atoms with Crippen molar-refractivity contribution >= 4 is 58.3 Å². The second-order valence-corrected chi connectivity index (χ2v) is 6.69. The average molecular weight is 384 g/mol. The summed E-state index contributed by atoms with van der Waals surface area (Å²) in [7, 11) is 0. The molecule has 0 aromatic heterocycles. The van der Waals surface area contributed by atoms with Crippen molar-refractivity contribution < 1.29 is 17.1 Å². The smallest absolute Gasteiger partial charge is 0.411 e. The molecule has 0 aliphatic carbocycles. The summed E-state index contributed by atoms with van der Waals surface area (Å²) in [5, 5.41) is 0. The molecule has 0 atom stereocenters. The van der Waals surface area contributed by atoms with Crippen LogP contribution in [0.2, 0.25) is 0 Å². The summed E-state index contributed by atoms with van der Waals surface area (Å²) in [5.74, 6) is 0. The summed E-state index contributed by atoms with van der Waals surface area (Å²) in [6, 6.07) is 0. The molecule has 0 amide bonds. The Kier molecular flexibility index (Phi) is 11.8. The number of hydrogen-bond donors (Lipinski definition) is 0. The molecule has 2 aliphatic rings. The Morgan fingerprint density at radius 3 is 1.05 bits per heavy atom. The third-order valence-corrected chi connectivity index (χ3v) is 4.26.